The van der Waals surface area contributed by atoms with Crippen molar-refractivity contribution in [2.45, 2.75) is 25.9 Å². The largest absolute Gasteiger partial charge is 0.416 e. The van der Waals surface area contributed by atoms with Crippen LogP contribution in [0.1, 0.15) is 35.7 Å². The zero-order valence-corrected chi connectivity index (χ0v) is 14.2. The maximum Gasteiger partial charge on any atom is 0.416 e. The molecule has 2 rings (SSSR count). The Morgan fingerprint density at radius 3 is 2.36 bits per heavy atom. The molecular formula is C17H23F3N4O. The van der Waals surface area contributed by atoms with Gasteiger partial charge in [-0.2, -0.15) is 13.2 Å². The van der Waals surface area contributed by atoms with E-state index < -0.39 is 17.6 Å². The Bertz CT molecular complexity index is 593. The first-order chi connectivity index (χ1) is 11.9. The predicted molar refractivity (Wildman–Crippen MR) is 90.6 cm³/mol. The third-order valence-corrected chi connectivity index (χ3v) is 3.87. The molecule has 5 nitrogen and oxygen atoms in total. The van der Waals surface area contributed by atoms with Crippen LogP contribution < -0.4 is 10.6 Å². The van der Waals surface area contributed by atoms with Gasteiger partial charge in [-0.1, -0.05) is 0 Å². The van der Waals surface area contributed by atoms with Gasteiger partial charge in [-0.15, -0.1) is 0 Å². The topological polar surface area (TPSA) is 56.7 Å². The molecule has 1 fully saturated rings. The van der Waals surface area contributed by atoms with E-state index in [4.69, 9.17) is 0 Å². The van der Waals surface area contributed by atoms with Crippen molar-refractivity contribution in [2.75, 3.05) is 32.7 Å². The van der Waals surface area contributed by atoms with E-state index in [1.165, 1.54) is 12.1 Å². The molecule has 0 aliphatic carbocycles. The quantitative estimate of drug-likeness (QED) is 0.484. The van der Waals surface area contributed by atoms with E-state index in [2.05, 4.69) is 20.5 Å². The van der Waals surface area contributed by atoms with Gasteiger partial charge in [0.15, 0.2) is 5.96 Å². The second-order valence-electron chi connectivity index (χ2n) is 5.76. The average molecular weight is 356 g/mol. The third kappa shape index (κ3) is 5.65. The van der Waals surface area contributed by atoms with Crippen LogP contribution in [-0.4, -0.2) is 49.5 Å². The molecule has 0 bridgehead atoms. The fraction of sp³-hybridized carbons (Fsp3) is 0.529. The molecule has 0 atom stereocenters. The average Bonchev–Trinajstić information content (AvgIpc) is 3.11. The fourth-order valence-corrected chi connectivity index (χ4v) is 2.60. The Morgan fingerprint density at radius 2 is 1.80 bits per heavy atom. The minimum Gasteiger partial charge on any atom is -0.357 e. The number of rotatable bonds is 5. The van der Waals surface area contributed by atoms with Gasteiger partial charge in [0, 0.05) is 31.7 Å². The highest BCUT2D eigenvalue weighted by Crippen LogP contribution is 2.29. The molecule has 0 unspecified atom stereocenters. The maximum atomic E-state index is 12.5. The summed E-state index contributed by atoms with van der Waals surface area (Å²) in [6.07, 6.45) is -2.11. The lowest BCUT2D eigenvalue weighted by Crippen LogP contribution is -2.40. The number of hydrogen-bond donors (Lipinski definition) is 2. The van der Waals surface area contributed by atoms with Gasteiger partial charge in [0.25, 0.3) is 5.91 Å². The molecule has 1 aliphatic rings. The van der Waals surface area contributed by atoms with Crippen molar-refractivity contribution < 1.29 is 18.0 Å². The number of guanidine groups is 1. The summed E-state index contributed by atoms with van der Waals surface area (Å²) >= 11 is 0. The van der Waals surface area contributed by atoms with Crippen LogP contribution >= 0.6 is 0 Å². The van der Waals surface area contributed by atoms with Crippen molar-refractivity contribution in [1.82, 2.24) is 15.5 Å². The Balaban J connectivity index is 1.83. The summed E-state index contributed by atoms with van der Waals surface area (Å²) in [5.74, 6) is 0.430. The fourth-order valence-electron chi connectivity index (χ4n) is 2.60. The van der Waals surface area contributed by atoms with Gasteiger partial charge in [0.2, 0.25) is 0 Å². The number of nitrogens with zero attached hydrogens (tertiary/aromatic N) is 2. The van der Waals surface area contributed by atoms with Crippen LogP contribution in [0.3, 0.4) is 0 Å². The van der Waals surface area contributed by atoms with Gasteiger partial charge in [0.05, 0.1) is 12.1 Å². The molecule has 1 aromatic carbocycles. The Kier molecular flexibility index (Phi) is 6.66. The summed E-state index contributed by atoms with van der Waals surface area (Å²) in [4.78, 5) is 18.6. The highest BCUT2D eigenvalue weighted by atomic mass is 19.4. The Hall–Kier alpha value is -2.25. The maximum absolute atomic E-state index is 12.5. The Morgan fingerprint density at radius 1 is 1.16 bits per heavy atom. The lowest BCUT2D eigenvalue weighted by Gasteiger charge is -2.20. The molecule has 0 radical (unpaired) electrons. The number of carbonyl (C=O) groups excluding carboxylic acids is 1. The van der Waals surface area contributed by atoms with Gasteiger partial charge in [-0.3, -0.25) is 9.79 Å². The van der Waals surface area contributed by atoms with E-state index in [1.807, 2.05) is 6.92 Å². The first kappa shape index (κ1) is 19.1. The number of halogens is 3. The van der Waals surface area contributed by atoms with Crippen molar-refractivity contribution in [3.8, 4) is 0 Å². The minimum absolute atomic E-state index is 0.198. The van der Waals surface area contributed by atoms with Crippen LogP contribution in [0, 0.1) is 0 Å². The molecule has 25 heavy (non-hydrogen) atoms. The Labute approximate surface area is 145 Å². The van der Waals surface area contributed by atoms with Crippen molar-refractivity contribution in [1.29, 1.82) is 0 Å². The predicted octanol–water partition coefficient (Wildman–Crippen LogP) is 2.50. The van der Waals surface area contributed by atoms with Crippen LogP contribution in [0.5, 0.6) is 0 Å². The number of amides is 1. The molecule has 1 heterocycles. The number of benzene rings is 1. The molecule has 0 saturated carbocycles. The van der Waals surface area contributed by atoms with Gasteiger partial charge >= 0.3 is 6.18 Å². The summed E-state index contributed by atoms with van der Waals surface area (Å²) in [6, 6.07) is 4.17. The summed E-state index contributed by atoms with van der Waals surface area (Å²) < 4.78 is 37.5. The zero-order valence-electron chi connectivity index (χ0n) is 14.2. The van der Waals surface area contributed by atoms with E-state index in [0.717, 1.165) is 50.6 Å². The molecule has 1 amide bonds. The molecule has 0 aromatic heterocycles. The van der Waals surface area contributed by atoms with Crippen molar-refractivity contribution in [3.05, 3.63) is 35.4 Å². The van der Waals surface area contributed by atoms with Crippen LogP contribution in [0.4, 0.5) is 13.2 Å². The number of carbonyl (C=O) groups is 1. The molecule has 1 saturated heterocycles. The second-order valence-corrected chi connectivity index (χ2v) is 5.76. The first-order valence-corrected chi connectivity index (χ1v) is 8.40. The van der Waals surface area contributed by atoms with E-state index in [-0.39, 0.29) is 5.56 Å². The van der Waals surface area contributed by atoms with E-state index in [9.17, 15) is 18.0 Å². The van der Waals surface area contributed by atoms with Crippen LogP contribution in [0.15, 0.2) is 29.3 Å². The van der Waals surface area contributed by atoms with Crippen LogP contribution in [0.25, 0.3) is 0 Å². The molecule has 2 N–H and O–H groups in total. The number of likely N-dealkylation sites (tertiary alicyclic amines) is 1. The summed E-state index contributed by atoms with van der Waals surface area (Å²) in [6.45, 7) is 5.45. The lowest BCUT2D eigenvalue weighted by molar-refractivity contribution is -0.137. The molecule has 1 aliphatic heterocycles. The van der Waals surface area contributed by atoms with Crippen molar-refractivity contribution >= 4 is 11.9 Å². The van der Waals surface area contributed by atoms with Gasteiger partial charge in [0.1, 0.15) is 0 Å². The minimum atomic E-state index is -4.40. The molecule has 0 spiro atoms. The number of alkyl halides is 3. The molecular weight excluding hydrogens is 333 g/mol. The lowest BCUT2D eigenvalue weighted by atomic mass is 10.1. The molecule has 1 aromatic rings. The molecule has 138 valence electrons. The van der Waals surface area contributed by atoms with Crippen molar-refractivity contribution in [3.63, 3.8) is 0 Å². The van der Waals surface area contributed by atoms with E-state index >= 15 is 0 Å². The second kappa shape index (κ2) is 8.73. The number of nitrogens with one attached hydrogen (secondary N) is 2. The van der Waals surface area contributed by atoms with Gasteiger partial charge < -0.3 is 15.5 Å². The summed E-state index contributed by atoms with van der Waals surface area (Å²) in [5, 5.41) is 5.89. The van der Waals surface area contributed by atoms with Crippen LogP contribution in [-0.2, 0) is 6.18 Å². The van der Waals surface area contributed by atoms with Gasteiger partial charge in [-0.05, 0) is 44.0 Å². The van der Waals surface area contributed by atoms with Crippen molar-refractivity contribution in [2.24, 2.45) is 4.99 Å². The SMILES string of the molecule is CCNC(=NCCNC(=O)c1ccc(C(F)(F)F)cc1)N1CCCC1. The highest BCUT2D eigenvalue weighted by Gasteiger charge is 2.30. The zero-order chi connectivity index (χ0) is 18.3. The smallest absolute Gasteiger partial charge is 0.357 e. The van der Waals surface area contributed by atoms with Gasteiger partial charge in [-0.25, -0.2) is 0 Å². The normalized spacial score (nSPS) is 15.4. The monoisotopic (exact) mass is 356 g/mol. The summed E-state index contributed by atoms with van der Waals surface area (Å²) in [7, 11) is 0. The molecule has 8 heteroatoms. The first-order valence-electron chi connectivity index (χ1n) is 8.40. The van der Waals surface area contributed by atoms with E-state index in [0.29, 0.717) is 13.1 Å². The number of aliphatic imine (C=N–C) groups is 1. The third-order valence-electron chi connectivity index (χ3n) is 3.87. The van der Waals surface area contributed by atoms with E-state index in [1.54, 1.807) is 0 Å². The number of hydrogen-bond acceptors (Lipinski definition) is 2. The summed E-state index contributed by atoms with van der Waals surface area (Å²) in [5.41, 5.74) is -0.571. The van der Waals surface area contributed by atoms with Crippen LogP contribution in [0.2, 0.25) is 0 Å². The highest BCUT2D eigenvalue weighted by molar-refractivity contribution is 5.94. The standard InChI is InChI=1S/C17H23F3N4O/c1-2-21-16(24-11-3-4-12-24)23-10-9-22-15(25)13-5-7-14(8-6-13)17(18,19)20/h5-8H,2-4,9-12H2,1H3,(H,21,23)(H,22,25).